The molecule has 1 aliphatic rings. The van der Waals surface area contributed by atoms with E-state index in [9.17, 15) is 9.59 Å². The first-order chi connectivity index (χ1) is 19.9. The SMILES string of the molecule is C=CC(=O)N1CC(C)N(c2nc(=O)n(-c3c(C)ccnc3C(C)C)c3nc(-c4c(N)cccc4F)c(Cl)cc23)CC1C. The van der Waals surface area contributed by atoms with Crippen LogP contribution in [-0.4, -0.2) is 55.5 Å². The summed E-state index contributed by atoms with van der Waals surface area (Å²) >= 11 is 6.80. The Balaban J connectivity index is 1.85. The Bertz CT molecular complexity index is 1770. The van der Waals surface area contributed by atoms with Gasteiger partial charge in [0, 0.05) is 37.1 Å². The molecular formula is C31H33ClFN7O2. The van der Waals surface area contributed by atoms with E-state index >= 15 is 4.39 Å². The second kappa shape index (κ2) is 11.2. The van der Waals surface area contributed by atoms with Gasteiger partial charge in [-0.2, -0.15) is 4.98 Å². The van der Waals surface area contributed by atoms with Gasteiger partial charge in [-0.15, -0.1) is 0 Å². The summed E-state index contributed by atoms with van der Waals surface area (Å²) in [6.45, 7) is 14.2. The highest BCUT2D eigenvalue weighted by molar-refractivity contribution is 6.34. The van der Waals surface area contributed by atoms with Crippen molar-refractivity contribution in [2.75, 3.05) is 23.7 Å². The molecule has 11 heteroatoms. The molecule has 0 saturated carbocycles. The molecule has 0 aliphatic carbocycles. The number of fused-ring (bicyclic) bond motifs is 1. The van der Waals surface area contributed by atoms with Crippen LogP contribution in [0.1, 0.15) is 44.9 Å². The molecular weight excluding hydrogens is 557 g/mol. The Hall–Kier alpha value is -4.31. The van der Waals surface area contributed by atoms with Gasteiger partial charge in [-0.3, -0.25) is 9.78 Å². The van der Waals surface area contributed by atoms with Crippen molar-refractivity contribution < 1.29 is 9.18 Å². The molecule has 1 aliphatic heterocycles. The largest absolute Gasteiger partial charge is 0.398 e. The fourth-order valence-corrected chi connectivity index (χ4v) is 5.87. The number of carbonyl (C=O) groups is 1. The number of pyridine rings is 2. The quantitative estimate of drug-likeness (QED) is 0.250. The molecule has 2 atom stereocenters. The molecule has 1 amide bonds. The summed E-state index contributed by atoms with van der Waals surface area (Å²) in [5.74, 6) is -0.386. The smallest absolute Gasteiger partial charge is 0.355 e. The third-order valence-electron chi connectivity index (χ3n) is 7.72. The van der Waals surface area contributed by atoms with Gasteiger partial charge < -0.3 is 15.5 Å². The van der Waals surface area contributed by atoms with Crippen LogP contribution < -0.4 is 16.3 Å². The summed E-state index contributed by atoms with van der Waals surface area (Å²) in [5, 5.41) is 0.652. The maximum absolute atomic E-state index is 15.1. The van der Waals surface area contributed by atoms with Crippen LogP contribution in [0.2, 0.25) is 5.02 Å². The van der Waals surface area contributed by atoms with Crippen molar-refractivity contribution in [1.29, 1.82) is 0 Å². The van der Waals surface area contributed by atoms with Crippen LogP contribution in [-0.2, 0) is 4.79 Å². The number of amides is 1. The van der Waals surface area contributed by atoms with E-state index in [4.69, 9.17) is 22.3 Å². The minimum absolute atomic E-state index is 0.0214. The number of hydrogen-bond acceptors (Lipinski definition) is 7. The number of hydrogen-bond donors (Lipinski definition) is 1. The van der Waals surface area contributed by atoms with Crippen molar-refractivity contribution in [3.8, 4) is 16.9 Å². The topological polar surface area (TPSA) is 110 Å². The van der Waals surface area contributed by atoms with E-state index < -0.39 is 11.5 Å². The minimum Gasteiger partial charge on any atom is -0.398 e. The van der Waals surface area contributed by atoms with E-state index in [2.05, 4.69) is 16.5 Å². The summed E-state index contributed by atoms with van der Waals surface area (Å²) in [4.78, 5) is 44.2. The van der Waals surface area contributed by atoms with Gasteiger partial charge in [0.25, 0.3) is 0 Å². The van der Waals surface area contributed by atoms with E-state index in [1.165, 1.54) is 22.8 Å². The average Bonchev–Trinajstić information content (AvgIpc) is 2.94. The molecule has 3 aromatic heterocycles. The number of halogens is 2. The van der Waals surface area contributed by atoms with Crippen molar-refractivity contribution in [2.45, 2.75) is 52.6 Å². The summed E-state index contributed by atoms with van der Waals surface area (Å²) in [6, 6.07) is 7.47. The van der Waals surface area contributed by atoms with Crippen molar-refractivity contribution in [3.05, 3.63) is 81.8 Å². The highest BCUT2D eigenvalue weighted by atomic mass is 35.5. The lowest BCUT2D eigenvalue weighted by Gasteiger charge is -2.44. The fourth-order valence-electron chi connectivity index (χ4n) is 5.62. The zero-order valence-electron chi connectivity index (χ0n) is 24.2. The molecule has 9 nitrogen and oxygen atoms in total. The molecule has 218 valence electrons. The second-order valence-electron chi connectivity index (χ2n) is 11.0. The molecule has 2 N–H and O–H groups in total. The number of nitrogens with zero attached hydrogens (tertiary/aromatic N) is 6. The Kier molecular flexibility index (Phi) is 7.76. The zero-order chi connectivity index (χ0) is 30.5. The number of nitrogen functional groups attached to an aromatic ring is 1. The normalized spacial score (nSPS) is 17.2. The predicted molar refractivity (Wildman–Crippen MR) is 165 cm³/mol. The zero-order valence-corrected chi connectivity index (χ0v) is 25.0. The van der Waals surface area contributed by atoms with Crippen LogP contribution in [0.4, 0.5) is 15.9 Å². The van der Waals surface area contributed by atoms with E-state index in [0.717, 1.165) is 5.56 Å². The maximum Gasteiger partial charge on any atom is 0.355 e. The number of benzene rings is 1. The number of rotatable bonds is 5. The van der Waals surface area contributed by atoms with Crippen molar-refractivity contribution in [3.63, 3.8) is 0 Å². The van der Waals surface area contributed by atoms with Crippen LogP contribution in [0, 0.1) is 12.7 Å². The molecule has 0 bridgehead atoms. The number of carbonyl (C=O) groups excluding carboxylic acids is 1. The molecule has 0 spiro atoms. The van der Waals surface area contributed by atoms with Gasteiger partial charge in [-0.05, 0) is 62.6 Å². The second-order valence-corrected chi connectivity index (χ2v) is 11.4. The van der Waals surface area contributed by atoms with Gasteiger partial charge in [-0.1, -0.05) is 38.1 Å². The minimum atomic E-state index is -0.585. The van der Waals surface area contributed by atoms with E-state index in [0.29, 0.717) is 35.7 Å². The standard InChI is InChI=1S/C31H33ClFN7O2/c1-7-24(41)38-14-19(6)39(15-18(38)5)29-20-13-21(32)27(25-22(33)9-8-10-23(25)34)36-30(20)40(31(42)37-29)28-17(4)11-12-35-26(28)16(2)3/h7-13,16,18-19H,1,14-15,34H2,2-6H3. The van der Waals surface area contributed by atoms with Gasteiger partial charge in [0.15, 0.2) is 5.65 Å². The first-order valence-corrected chi connectivity index (χ1v) is 14.2. The maximum atomic E-state index is 15.1. The molecule has 4 heterocycles. The third-order valence-corrected chi connectivity index (χ3v) is 8.01. The van der Waals surface area contributed by atoms with Crippen LogP contribution in [0.15, 0.2) is 54.0 Å². The molecule has 1 aromatic carbocycles. The molecule has 1 fully saturated rings. The van der Waals surface area contributed by atoms with Gasteiger partial charge in [0.2, 0.25) is 5.91 Å². The molecule has 5 rings (SSSR count). The summed E-state index contributed by atoms with van der Waals surface area (Å²) in [5.41, 5.74) is 8.24. The van der Waals surface area contributed by atoms with Gasteiger partial charge in [0.1, 0.15) is 11.6 Å². The summed E-state index contributed by atoms with van der Waals surface area (Å²) in [7, 11) is 0. The van der Waals surface area contributed by atoms with Crippen molar-refractivity contribution >= 4 is 40.0 Å². The fraction of sp³-hybridized carbons (Fsp3) is 0.323. The Morgan fingerprint density at radius 1 is 1.19 bits per heavy atom. The molecule has 2 unspecified atom stereocenters. The van der Waals surface area contributed by atoms with Crippen molar-refractivity contribution in [1.82, 2.24) is 24.4 Å². The summed E-state index contributed by atoms with van der Waals surface area (Å²) < 4.78 is 16.6. The lowest BCUT2D eigenvalue weighted by atomic mass is 10.0. The monoisotopic (exact) mass is 589 g/mol. The number of aryl methyl sites for hydroxylation is 1. The Morgan fingerprint density at radius 2 is 1.93 bits per heavy atom. The lowest BCUT2D eigenvalue weighted by Crippen LogP contribution is -2.58. The first kappa shape index (κ1) is 29.2. The number of nitrogens with two attached hydrogens (primary N) is 1. The van der Waals surface area contributed by atoms with E-state index in [-0.39, 0.29) is 51.5 Å². The average molecular weight is 590 g/mol. The highest BCUT2D eigenvalue weighted by Crippen LogP contribution is 2.38. The molecule has 42 heavy (non-hydrogen) atoms. The van der Waals surface area contributed by atoms with Crippen LogP contribution in [0.3, 0.4) is 0 Å². The number of anilines is 2. The Labute approximate surface area is 248 Å². The van der Waals surface area contributed by atoms with E-state index in [1.54, 1.807) is 23.2 Å². The Morgan fingerprint density at radius 3 is 2.60 bits per heavy atom. The highest BCUT2D eigenvalue weighted by Gasteiger charge is 2.34. The van der Waals surface area contributed by atoms with Crippen LogP contribution >= 0.6 is 11.6 Å². The predicted octanol–water partition coefficient (Wildman–Crippen LogP) is 5.26. The third kappa shape index (κ3) is 4.89. The number of aromatic nitrogens is 4. The van der Waals surface area contributed by atoms with Gasteiger partial charge >= 0.3 is 5.69 Å². The molecule has 1 saturated heterocycles. The first-order valence-electron chi connectivity index (χ1n) is 13.8. The molecule has 4 aromatic rings. The van der Waals surface area contributed by atoms with Crippen LogP contribution in [0.5, 0.6) is 0 Å². The number of piperazine rings is 1. The van der Waals surface area contributed by atoms with Crippen LogP contribution in [0.25, 0.3) is 28.0 Å². The van der Waals surface area contributed by atoms with Gasteiger partial charge in [0.05, 0.1) is 33.0 Å². The molecule has 0 radical (unpaired) electrons. The summed E-state index contributed by atoms with van der Waals surface area (Å²) in [6.07, 6.45) is 3.00. The lowest BCUT2D eigenvalue weighted by molar-refractivity contribution is -0.128. The van der Waals surface area contributed by atoms with E-state index in [1.807, 2.05) is 45.6 Å². The van der Waals surface area contributed by atoms with Crippen molar-refractivity contribution in [2.24, 2.45) is 0 Å². The van der Waals surface area contributed by atoms with Gasteiger partial charge in [-0.25, -0.2) is 18.7 Å².